The number of fused-ring (bicyclic) bond motifs is 2. The summed E-state index contributed by atoms with van der Waals surface area (Å²) in [5.41, 5.74) is 2.25. The SMILES string of the molecule is CCCNC(=O)C1(CCCCN2CCC(n3cc4ccccc4c3O)CC2)CCc2ccccc21. The molecule has 35 heavy (non-hydrogen) atoms. The Bertz CT molecular complexity index is 1160. The molecule has 2 heterocycles. The van der Waals surface area contributed by atoms with Crippen molar-refractivity contribution >= 4 is 16.7 Å². The maximum atomic E-state index is 13.3. The number of rotatable bonds is 9. The summed E-state index contributed by atoms with van der Waals surface area (Å²) < 4.78 is 2.08. The Morgan fingerprint density at radius 1 is 1.09 bits per heavy atom. The zero-order valence-electron chi connectivity index (χ0n) is 21.0. The van der Waals surface area contributed by atoms with Gasteiger partial charge in [-0.05, 0) is 68.7 Å². The van der Waals surface area contributed by atoms with Crippen LogP contribution in [0.1, 0.15) is 69.0 Å². The normalized spacial score (nSPS) is 20.8. The highest BCUT2D eigenvalue weighted by Gasteiger charge is 2.44. The lowest BCUT2D eigenvalue weighted by atomic mass is 9.76. The Kier molecular flexibility index (Phi) is 7.14. The van der Waals surface area contributed by atoms with Gasteiger partial charge in [-0.25, -0.2) is 0 Å². The number of amides is 1. The van der Waals surface area contributed by atoms with E-state index in [1.807, 2.05) is 18.2 Å². The van der Waals surface area contributed by atoms with E-state index in [9.17, 15) is 9.90 Å². The van der Waals surface area contributed by atoms with Gasteiger partial charge in [0.2, 0.25) is 5.91 Å². The molecule has 0 spiro atoms. The third-order valence-electron chi connectivity index (χ3n) is 8.33. The molecule has 1 saturated heterocycles. The third-order valence-corrected chi connectivity index (χ3v) is 8.33. The van der Waals surface area contributed by atoms with Gasteiger partial charge in [-0.2, -0.15) is 0 Å². The van der Waals surface area contributed by atoms with Crippen LogP contribution < -0.4 is 5.32 Å². The highest BCUT2D eigenvalue weighted by molar-refractivity contribution is 5.89. The number of unbranched alkanes of at least 4 members (excludes halogenated alkanes) is 1. The second-order valence-electron chi connectivity index (χ2n) is 10.5. The summed E-state index contributed by atoms with van der Waals surface area (Å²) in [7, 11) is 0. The Morgan fingerprint density at radius 3 is 2.66 bits per heavy atom. The highest BCUT2D eigenvalue weighted by atomic mass is 16.3. The molecule has 2 aromatic carbocycles. The summed E-state index contributed by atoms with van der Waals surface area (Å²) in [4.78, 5) is 15.9. The van der Waals surface area contributed by atoms with E-state index < -0.39 is 0 Å². The molecule has 3 aromatic rings. The lowest BCUT2D eigenvalue weighted by Gasteiger charge is -2.33. The second-order valence-corrected chi connectivity index (χ2v) is 10.5. The molecule has 1 atom stereocenters. The van der Waals surface area contributed by atoms with Gasteiger partial charge in [0.05, 0.1) is 5.41 Å². The third kappa shape index (κ3) is 4.71. The molecule has 1 unspecified atom stereocenters. The van der Waals surface area contributed by atoms with Gasteiger partial charge in [-0.15, -0.1) is 0 Å². The van der Waals surface area contributed by atoms with Gasteiger partial charge in [-0.1, -0.05) is 55.8 Å². The number of hydrogen-bond donors (Lipinski definition) is 2. The minimum absolute atomic E-state index is 0.226. The van der Waals surface area contributed by atoms with E-state index in [-0.39, 0.29) is 11.3 Å². The van der Waals surface area contributed by atoms with Crippen LogP contribution in [0.25, 0.3) is 10.8 Å². The highest BCUT2D eigenvalue weighted by Crippen LogP contribution is 2.43. The fourth-order valence-electron chi connectivity index (χ4n) is 6.33. The number of carbonyl (C=O) groups excluding carboxylic acids is 1. The molecule has 0 saturated carbocycles. The van der Waals surface area contributed by atoms with Crippen molar-refractivity contribution in [3.05, 3.63) is 65.9 Å². The average Bonchev–Trinajstić information content (AvgIpc) is 3.44. The first-order chi connectivity index (χ1) is 17.1. The maximum absolute atomic E-state index is 13.3. The summed E-state index contributed by atoms with van der Waals surface area (Å²) >= 11 is 0. The number of hydrogen-bond acceptors (Lipinski definition) is 3. The number of aryl methyl sites for hydroxylation is 1. The lowest BCUT2D eigenvalue weighted by Crippen LogP contribution is -2.43. The van der Waals surface area contributed by atoms with E-state index in [2.05, 4.69) is 58.2 Å². The molecule has 5 rings (SSSR count). The van der Waals surface area contributed by atoms with Crippen LogP contribution in [-0.4, -0.2) is 46.7 Å². The van der Waals surface area contributed by atoms with Crippen molar-refractivity contribution in [2.75, 3.05) is 26.2 Å². The summed E-state index contributed by atoms with van der Waals surface area (Å²) in [6.45, 7) is 6.07. The zero-order valence-corrected chi connectivity index (χ0v) is 21.0. The summed E-state index contributed by atoms with van der Waals surface area (Å²) in [6, 6.07) is 17.0. The van der Waals surface area contributed by atoms with Crippen LogP contribution >= 0.6 is 0 Å². The molecule has 5 nitrogen and oxygen atoms in total. The molecule has 1 aliphatic carbocycles. The zero-order chi connectivity index (χ0) is 24.3. The van der Waals surface area contributed by atoms with E-state index in [0.29, 0.717) is 11.9 Å². The van der Waals surface area contributed by atoms with Crippen molar-refractivity contribution < 1.29 is 9.90 Å². The van der Waals surface area contributed by atoms with Crippen LogP contribution in [-0.2, 0) is 16.6 Å². The fourth-order valence-corrected chi connectivity index (χ4v) is 6.33. The molecular weight excluding hydrogens is 434 g/mol. The molecule has 2 aliphatic rings. The quantitative estimate of drug-likeness (QED) is 0.400. The van der Waals surface area contributed by atoms with E-state index in [0.717, 1.165) is 88.3 Å². The van der Waals surface area contributed by atoms with Gasteiger partial charge < -0.3 is 19.9 Å². The lowest BCUT2D eigenvalue weighted by molar-refractivity contribution is -0.127. The molecule has 0 radical (unpaired) electrons. The standard InChI is InChI=1S/C30H39N3O2/c1-2-18-31-29(35)30(17-13-23-9-4-6-12-27(23)30)16-7-8-19-32-20-14-25(15-21-32)33-22-24-10-3-5-11-26(24)28(33)34/h3-6,9-12,22,25,34H,2,7-8,13-21H2,1H3,(H,31,35). The summed E-state index contributed by atoms with van der Waals surface area (Å²) in [6.07, 6.45) is 10.2. The van der Waals surface area contributed by atoms with E-state index >= 15 is 0 Å². The molecule has 186 valence electrons. The van der Waals surface area contributed by atoms with Crippen molar-refractivity contribution in [2.45, 2.75) is 69.7 Å². The predicted octanol–water partition coefficient (Wildman–Crippen LogP) is 5.56. The fraction of sp³-hybridized carbons (Fsp3) is 0.500. The van der Waals surface area contributed by atoms with Gasteiger partial charge in [0, 0.05) is 42.6 Å². The maximum Gasteiger partial charge on any atom is 0.230 e. The number of benzene rings is 2. The second kappa shape index (κ2) is 10.4. The number of piperidine rings is 1. The molecule has 5 heteroatoms. The van der Waals surface area contributed by atoms with Crippen LogP contribution in [0.2, 0.25) is 0 Å². The number of carbonyl (C=O) groups is 1. The number of aromatic nitrogens is 1. The molecule has 0 bridgehead atoms. The van der Waals surface area contributed by atoms with Crippen LogP contribution in [0, 0.1) is 0 Å². The van der Waals surface area contributed by atoms with Crippen molar-refractivity contribution in [1.29, 1.82) is 0 Å². The number of likely N-dealkylation sites (tertiary alicyclic amines) is 1. The van der Waals surface area contributed by atoms with Crippen molar-refractivity contribution in [3.8, 4) is 5.88 Å². The van der Waals surface area contributed by atoms with E-state index in [1.54, 1.807) is 0 Å². The Balaban J connectivity index is 1.14. The Hall–Kier alpha value is -2.79. The largest absolute Gasteiger partial charge is 0.494 e. The minimum atomic E-state index is -0.354. The molecule has 1 aliphatic heterocycles. The van der Waals surface area contributed by atoms with Crippen LogP contribution in [0.3, 0.4) is 0 Å². The average molecular weight is 474 g/mol. The Morgan fingerprint density at radius 2 is 1.86 bits per heavy atom. The summed E-state index contributed by atoms with van der Waals surface area (Å²) in [5.74, 6) is 0.631. The van der Waals surface area contributed by atoms with Crippen molar-refractivity contribution in [1.82, 2.24) is 14.8 Å². The van der Waals surface area contributed by atoms with Crippen LogP contribution in [0.15, 0.2) is 54.7 Å². The predicted molar refractivity (Wildman–Crippen MR) is 142 cm³/mol. The molecule has 1 fully saturated rings. The van der Waals surface area contributed by atoms with Gasteiger partial charge in [0.15, 0.2) is 5.88 Å². The first kappa shape index (κ1) is 23.9. The first-order valence-electron chi connectivity index (χ1n) is 13.5. The number of nitrogens with one attached hydrogen (secondary N) is 1. The van der Waals surface area contributed by atoms with E-state index in [4.69, 9.17) is 0 Å². The minimum Gasteiger partial charge on any atom is -0.494 e. The van der Waals surface area contributed by atoms with E-state index in [1.165, 1.54) is 11.1 Å². The molecule has 1 amide bonds. The molecule has 2 N–H and O–H groups in total. The van der Waals surface area contributed by atoms with Crippen LogP contribution in [0.4, 0.5) is 0 Å². The smallest absolute Gasteiger partial charge is 0.230 e. The van der Waals surface area contributed by atoms with Crippen molar-refractivity contribution in [2.24, 2.45) is 0 Å². The first-order valence-corrected chi connectivity index (χ1v) is 13.5. The molecular formula is C30H39N3O2. The van der Waals surface area contributed by atoms with Gasteiger partial charge >= 0.3 is 0 Å². The van der Waals surface area contributed by atoms with Gasteiger partial charge in [0.1, 0.15) is 0 Å². The number of nitrogens with zero attached hydrogens (tertiary/aromatic N) is 2. The van der Waals surface area contributed by atoms with Crippen LogP contribution in [0.5, 0.6) is 5.88 Å². The topological polar surface area (TPSA) is 57.5 Å². The van der Waals surface area contributed by atoms with Crippen molar-refractivity contribution in [3.63, 3.8) is 0 Å². The monoisotopic (exact) mass is 473 g/mol. The summed E-state index contributed by atoms with van der Waals surface area (Å²) in [5, 5.41) is 16.0. The van der Waals surface area contributed by atoms with Gasteiger partial charge in [0.25, 0.3) is 0 Å². The Labute approximate surface area is 209 Å². The molecule has 1 aromatic heterocycles. The van der Waals surface area contributed by atoms with Gasteiger partial charge in [-0.3, -0.25) is 4.79 Å². The number of aromatic hydroxyl groups is 1.